The van der Waals surface area contributed by atoms with Crippen molar-refractivity contribution in [2.45, 2.75) is 51.6 Å². The van der Waals surface area contributed by atoms with Crippen LogP contribution < -0.4 is 14.8 Å². The minimum absolute atomic E-state index is 0.00933. The predicted molar refractivity (Wildman–Crippen MR) is 101 cm³/mol. The Bertz CT molecular complexity index is 659. The van der Waals surface area contributed by atoms with Gasteiger partial charge in [0, 0.05) is 24.1 Å². The molecule has 0 bridgehead atoms. The van der Waals surface area contributed by atoms with Gasteiger partial charge < -0.3 is 19.9 Å². The number of rotatable bonds is 5. The fourth-order valence-electron chi connectivity index (χ4n) is 4.56. The summed E-state index contributed by atoms with van der Waals surface area (Å²) in [5.74, 6) is 2.10. The van der Waals surface area contributed by atoms with Crippen LogP contribution in [0.2, 0.25) is 0 Å². The first-order valence-electron chi connectivity index (χ1n) is 9.66. The van der Waals surface area contributed by atoms with Gasteiger partial charge in [0.1, 0.15) is 17.1 Å². The van der Waals surface area contributed by atoms with Crippen LogP contribution >= 0.6 is 0 Å². The average molecular weight is 361 g/mol. The van der Waals surface area contributed by atoms with E-state index in [9.17, 15) is 9.90 Å². The highest BCUT2D eigenvalue weighted by molar-refractivity contribution is 5.85. The van der Waals surface area contributed by atoms with Crippen LogP contribution in [0.3, 0.4) is 0 Å². The Hall–Kier alpha value is -1.75. The van der Waals surface area contributed by atoms with Gasteiger partial charge >= 0.3 is 0 Å². The van der Waals surface area contributed by atoms with Crippen LogP contribution in [0.4, 0.5) is 0 Å². The average Bonchev–Trinajstić information content (AvgIpc) is 3.01. The van der Waals surface area contributed by atoms with Crippen LogP contribution in [0.15, 0.2) is 18.2 Å². The lowest BCUT2D eigenvalue weighted by molar-refractivity contribution is -0.155. The summed E-state index contributed by atoms with van der Waals surface area (Å²) < 4.78 is 11.0. The molecule has 1 saturated carbocycles. The number of benzene rings is 1. The normalized spacial score (nSPS) is 30.6. The number of carbonyl (C=O) groups is 1. The highest BCUT2D eigenvalue weighted by Crippen LogP contribution is 2.41. The highest BCUT2D eigenvalue weighted by atomic mass is 16.5. The largest absolute Gasteiger partial charge is 0.497 e. The van der Waals surface area contributed by atoms with E-state index >= 15 is 0 Å². The number of amides is 1. The van der Waals surface area contributed by atoms with E-state index in [2.05, 4.69) is 26.1 Å². The van der Waals surface area contributed by atoms with Gasteiger partial charge in [0.2, 0.25) is 0 Å². The first kappa shape index (κ1) is 19.0. The fourth-order valence-corrected chi connectivity index (χ4v) is 4.56. The molecule has 5 nitrogen and oxygen atoms in total. The topological polar surface area (TPSA) is 67.8 Å². The SMILES string of the molecule is COc1ccc2c(c1)OCC2CNC(=O)[C@@]1(O)CC(C)CCC1C(C)C. The summed E-state index contributed by atoms with van der Waals surface area (Å²) in [5.41, 5.74) is -0.191. The summed E-state index contributed by atoms with van der Waals surface area (Å²) in [6.07, 6.45) is 2.51. The van der Waals surface area contributed by atoms with Gasteiger partial charge in [-0.2, -0.15) is 0 Å². The zero-order valence-electron chi connectivity index (χ0n) is 16.2. The van der Waals surface area contributed by atoms with Crippen LogP contribution in [0, 0.1) is 17.8 Å². The number of hydrogen-bond acceptors (Lipinski definition) is 4. The van der Waals surface area contributed by atoms with Crippen molar-refractivity contribution in [1.29, 1.82) is 0 Å². The Morgan fingerprint density at radius 1 is 1.42 bits per heavy atom. The molecule has 0 aromatic heterocycles. The van der Waals surface area contributed by atoms with Gasteiger partial charge in [-0.3, -0.25) is 4.79 Å². The summed E-state index contributed by atoms with van der Waals surface area (Å²) in [6, 6.07) is 5.78. The first-order valence-corrected chi connectivity index (χ1v) is 9.66. The maximum absolute atomic E-state index is 12.9. The molecule has 1 aliphatic carbocycles. The van der Waals surface area contributed by atoms with Crippen molar-refractivity contribution in [3.05, 3.63) is 23.8 Å². The molecule has 5 heteroatoms. The molecule has 1 aromatic rings. The number of fused-ring (bicyclic) bond motifs is 1. The molecule has 0 saturated heterocycles. The molecule has 1 amide bonds. The molecule has 0 radical (unpaired) electrons. The molecule has 4 atom stereocenters. The summed E-state index contributed by atoms with van der Waals surface area (Å²) >= 11 is 0. The minimum Gasteiger partial charge on any atom is -0.497 e. The number of ether oxygens (including phenoxy) is 2. The summed E-state index contributed by atoms with van der Waals surface area (Å²) in [4.78, 5) is 12.9. The molecular formula is C21H31NO4. The second-order valence-corrected chi connectivity index (χ2v) is 8.28. The van der Waals surface area contributed by atoms with Gasteiger partial charge in [0.15, 0.2) is 0 Å². The molecule has 3 unspecified atom stereocenters. The number of methoxy groups -OCH3 is 1. The van der Waals surface area contributed by atoms with E-state index in [1.807, 2.05) is 18.2 Å². The van der Waals surface area contributed by atoms with E-state index in [1.165, 1.54) is 0 Å². The standard InChI is InChI=1S/C21H31NO4/c1-13(2)18-8-5-14(3)10-21(18,24)20(23)22-11-15-12-26-19-9-16(25-4)6-7-17(15)19/h6-7,9,13-15,18,24H,5,8,10-12H2,1-4H3,(H,22,23)/t14?,15?,18?,21-/m1/s1. The Labute approximate surface area is 156 Å². The van der Waals surface area contributed by atoms with E-state index in [-0.39, 0.29) is 23.7 Å². The van der Waals surface area contributed by atoms with E-state index in [4.69, 9.17) is 9.47 Å². The molecule has 26 heavy (non-hydrogen) atoms. The monoisotopic (exact) mass is 361 g/mol. The van der Waals surface area contributed by atoms with E-state index in [1.54, 1.807) is 7.11 Å². The smallest absolute Gasteiger partial charge is 0.252 e. The molecule has 3 rings (SSSR count). The molecular weight excluding hydrogens is 330 g/mol. The lowest BCUT2D eigenvalue weighted by Crippen LogP contribution is -2.56. The van der Waals surface area contributed by atoms with Gasteiger partial charge in [0.05, 0.1) is 13.7 Å². The van der Waals surface area contributed by atoms with Crippen LogP contribution in [0.1, 0.15) is 51.5 Å². The van der Waals surface area contributed by atoms with Crippen molar-refractivity contribution in [1.82, 2.24) is 5.32 Å². The van der Waals surface area contributed by atoms with Crippen molar-refractivity contribution >= 4 is 5.91 Å². The second-order valence-electron chi connectivity index (χ2n) is 8.28. The van der Waals surface area contributed by atoms with E-state index < -0.39 is 5.60 Å². The first-order chi connectivity index (χ1) is 12.3. The third-order valence-electron chi connectivity index (χ3n) is 6.05. The van der Waals surface area contributed by atoms with E-state index in [0.717, 1.165) is 29.9 Å². The van der Waals surface area contributed by atoms with Crippen molar-refractivity contribution < 1.29 is 19.4 Å². The molecule has 2 N–H and O–H groups in total. The van der Waals surface area contributed by atoms with E-state index in [0.29, 0.717) is 25.5 Å². The molecule has 1 aliphatic heterocycles. The lowest BCUT2D eigenvalue weighted by Gasteiger charge is -2.43. The third kappa shape index (κ3) is 3.54. The number of carbonyl (C=O) groups excluding carboxylic acids is 1. The van der Waals surface area contributed by atoms with Gasteiger partial charge in [-0.1, -0.05) is 33.3 Å². The molecule has 2 aliphatic rings. The summed E-state index contributed by atoms with van der Waals surface area (Å²) in [7, 11) is 1.63. The van der Waals surface area contributed by atoms with Crippen LogP contribution in [0.5, 0.6) is 11.5 Å². The summed E-state index contributed by atoms with van der Waals surface area (Å²) in [6.45, 7) is 7.30. The molecule has 0 spiro atoms. The predicted octanol–water partition coefficient (Wildman–Crippen LogP) is 3.11. The molecule has 1 aromatic carbocycles. The minimum atomic E-state index is -1.27. The quantitative estimate of drug-likeness (QED) is 0.846. The molecule has 144 valence electrons. The number of aliphatic hydroxyl groups is 1. The Kier molecular flexibility index (Phi) is 5.47. The van der Waals surface area contributed by atoms with Crippen LogP contribution in [-0.2, 0) is 4.79 Å². The molecule has 1 heterocycles. The lowest BCUT2D eigenvalue weighted by atomic mass is 9.66. The van der Waals surface area contributed by atoms with Crippen molar-refractivity contribution in [3.63, 3.8) is 0 Å². The van der Waals surface area contributed by atoms with Crippen molar-refractivity contribution in [2.24, 2.45) is 17.8 Å². The Morgan fingerprint density at radius 3 is 2.88 bits per heavy atom. The Balaban J connectivity index is 1.67. The van der Waals surface area contributed by atoms with Crippen LogP contribution in [-0.4, -0.2) is 36.9 Å². The third-order valence-corrected chi connectivity index (χ3v) is 6.05. The number of hydrogen-bond donors (Lipinski definition) is 2. The maximum atomic E-state index is 12.9. The number of nitrogens with one attached hydrogen (secondary N) is 1. The molecule has 1 fully saturated rings. The Morgan fingerprint density at radius 2 is 2.19 bits per heavy atom. The van der Waals surface area contributed by atoms with Crippen molar-refractivity contribution in [3.8, 4) is 11.5 Å². The van der Waals surface area contributed by atoms with Gasteiger partial charge in [0.25, 0.3) is 5.91 Å². The van der Waals surface area contributed by atoms with Crippen LogP contribution in [0.25, 0.3) is 0 Å². The summed E-state index contributed by atoms with van der Waals surface area (Å²) in [5, 5.41) is 14.2. The second kappa shape index (κ2) is 7.47. The van der Waals surface area contributed by atoms with Gasteiger partial charge in [-0.25, -0.2) is 0 Å². The maximum Gasteiger partial charge on any atom is 0.252 e. The fraction of sp³-hybridized carbons (Fsp3) is 0.667. The van der Waals surface area contributed by atoms with Gasteiger partial charge in [-0.15, -0.1) is 0 Å². The van der Waals surface area contributed by atoms with Crippen molar-refractivity contribution in [2.75, 3.05) is 20.3 Å². The zero-order chi connectivity index (χ0) is 18.9. The highest BCUT2D eigenvalue weighted by Gasteiger charge is 2.48. The van der Waals surface area contributed by atoms with Gasteiger partial charge in [-0.05, 0) is 36.7 Å². The zero-order valence-corrected chi connectivity index (χ0v) is 16.2.